The van der Waals surface area contributed by atoms with Crippen LogP contribution in [0.15, 0.2) is 60.9 Å². The van der Waals surface area contributed by atoms with Crippen molar-refractivity contribution in [3.63, 3.8) is 0 Å². The standard InChI is InChI=1S/C15H16N4OS/c20-14(12-19-9-5-2-6-10-19)17-18-15(21)16-11-13-7-3-1-4-8-13/h1-10H,11-12H2,(H2-,16,17,18,20,21)/p+1. The lowest BCUT2D eigenvalue weighted by molar-refractivity contribution is -0.684. The highest BCUT2D eigenvalue weighted by Crippen LogP contribution is 1.96. The topological polar surface area (TPSA) is 57.0 Å². The molecule has 0 bridgehead atoms. The Morgan fingerprint density at radius 1 is 1.00 bits per heavy atom. The van der Waals surface area contributed by atoms with Gasteiger partial charge in [0.2, 0.25) is 6.54 Å². The van der Waals surface area contributed by atoms with Gasteiger partial charge in [0.25, 0.3) is 0 Å². The van der Waals surface area contributed by atoms with Crippen molar-refractivity contribution >= 4 is 23.2 Å². The fraction of sp³-hybridized carbons (Fsp3) is 0.133. The summed E-state index contributed by atoms with van der Waals surface area (Å²) in [6, 6.07) is 15.5. The molecule has 2 aromatic rings. The number of benzene rings is 1. The first kappa shape index (κ1) is 14.9. The Hall–Kier alpha value is -2.47. The lowest BCUT2D eigenvalue weighted by Gasteiger charge is -2.10. The molecule has 0 unspecified atom stereocenters. The summed E-state index contributed by atoms with van der Waals surface area (Å²) >= 11 is 5.09. The molecule has 1 aromatic carbocycles. The van der Waals surface area contributed by atoms with Gasteiger partial charge < -0.3 is 5.32 Å². The maximum Gasteiger partial charge on any atom is 0.304 e. The number of carbonyl (C=O) groups excluding carboxylic acids is 1. The van der Waals surface area contributed by atoms with Crippen LogP contribution in [0.5, 0.6) is 0 Å². The third-order valence-corrected chi connectivity index (χ3v) is 2.96. The summed E-state index contributed by atoms with van der Waals surface area (Å²) in [6.07, 6.45) is 3.65. The summed E-state index contributed by atoms with van der Waals surface area (Å²) < 4.78 is 1.78. The lowest BCUT2D eigenvalue weighted by atomic mass is 10.2. The highest BCUT2D eigenvalue weighted by molar-refractivity contribution is 7.80. The Balaban J connectivity index is 1.68. The second kappa shape index (κ2) is 7.96. The molecule has 0 fully saturated rings. The van der Waals surface area contributed by atoms with Gasteiger partial charge in [-0.2, -0.15) is 4.57 Å². The Kier molecular flexibility index (Phi) is 5.66. The molecule has 0 atom stereocenters. The van der Waals surface area contributed by atoms with Crippen LogP contribution in [0.2, 0.25) is 0 Å². The van der Waals surface area contributed by atoms with Gasteiger partial charge >= 0.3 is 5.91 Å². The van der Waals surface area contributed by atoms with Crippen LogP contribution in [0.3, 0.4) is 0 Å². The van der Waals surface area contributed by atoms with Gasteiger partial charge in [-0.05, 0) is 17.8 Å². The average Bonchev–Trinajstić information content (AvgIpc) is 2.53. The molecule has 1 aromatic heterocycles. The van der Waals surface area contributed by atoms with Gasteiger partial charge in [-0.3, -0.25) is 15.6 Å². The second-order valence-electron chi connectivity index (χ2n) is 4.39. The second-order valence-corrected chi connectivity index (χ2v) is 4.80. The number of rotatable bonds is 4. The van der Waals surface area contributed by atoms with Crippen LogP contribution in [-0.4, -0.2) is 11.0 Å². The van der Waals surface area contributed by atoms with E-state index >= 15 is 0 Å². The van der Waals surface area contributed by atoms with Gasteiger partial charge in [-0.15, -0.1) is 0 Å². The maximum absolute atomic E-state index is 11.7. The predicted octanol–water partition coefficient (Wildman–Crippen LogP) is 0.670. The van der Waals surface area contributed by atoms with Crippen molar-refractivity contribution in [3.05, 3.63) is 66.5 Å². The molecule has 0 aliphatic heterocycles. The van der Waals surface area contributed by atoms with E-state index in [-0.39, 0.29) is 12.5 Å². The molecule has 0 aliphatic rings. The molecule has 3 N–H and O–H groups in total. The number of hydrogen-bond donors (Lipinski definition) is 3. The molecule has 6 heteroatoms. The molecule has 1 amide bonds. The van der Waals surface area contributed by atoms with Crippen molar-refractivity contribution in [2.45, 2.75) is 13.1 Å². The van der Waals surface area contributed by atoms with Crippen molar-refractivity contribution in [2.75, 3.05) is 0 Å². The molecule has 0 saturated carbocycles. The number of nitrogens with zero attached hydrogens (tertiary/aromatic N) is 1. The van der Waals surface area contributed by atoms with E-state index in [4.69, 9.17) is 12.2 Å². The molecule has 0 aliphatic carbocycles. The summed E-state index contributed by atoms with van der Waals surface area (Å²) in [5.41, 5.74) is 6.35. The zero-order valence-electron chi connectivity index (χ0n) is 11.5. The Morgan fingerprint density at radius 2 is 1.67 bits per heavy atom. The number of pyridine rings is 1. The smallest absolute Gasteiger partial charge is 0.304 e. The third-order valence-electron chi connectivity index (χ3n) is 2.71. The zero-order chi connectivity index (χ0) is 14.9. The van der Waals surface area contributed by atoms with E-state index in [2.05, 4.69) is 16.2 Å². The number of hydrazine groups is 1. The van der Waals surface area contributed by atoms with Gasteiger partial charge in [0.15, 0.2) is 17.5 Å². The number of carbonyl (C=O) groups is 1. The predicted molar refractivity (Wildman–Crippen MR) is 83.8 cm³/mol. The number of aromatic nitrogens is 1. The van der Waals surface area contributed by atoms with Crippen LogP contribution in [0.4, 0.5) is 0 Å². The van der Waals surface area contributed by atoms with Crippen LogP contribution >= 0.6 is 12.2 Å². The first-order chi connectivity index (χ1) is 10.2. The fourth-order valence-corrected chi connectivity index (χ4v) is 1.82. The minimum atomic E-state index is -0.171. The van der Waals surface area contributed by atoms with Gasteiger partial charge in [0.05, 0.1) is 0 Å². The van der Waals surface area contributed by atoms with Crippen LogP contribution in [0.25, 0.3) is 0 Å². The SMILES string of the molecule is O=C(C[n+]1ccccc1)NNC(=S)NCc1ccccc1. The summed E-state index contributed by atoms with van der Waals surface area (Å²) in [5, 5.41) is 3.40. The molecule has 21 heavy (non-hydrogen) atoms. The molecule has 5 nitrogen and oxygen atoms in total. The van der Waals surface area contributed by atoms with E-state index in [1.54, 1.807) is 4.57 Å². The summed E-state index contributed by atoms with van der Waals surface area (Å²) in [5.74, 6) is -0.171. The first-order valence-electron chi connectivity index (χ1n) is 6.55. The molecule has 1 heterocycles. The number of amides is 1. The van der Waals surface area contributed by atoms with Gasteiger partial charge in [-0.1, -0.05) is 36.4 Å². The largest absolute Gasteiger partial charge is 0.357 e. The Labute approximate surface area is 129 Å². The van der Waals surface area contributed by atoms with Crippen molar-refractivity contribution < 1.29 is 9.36 Å². The normalized spacial score (nSPS) is 9.71. The van der Waals surface area contributed by atoms with E-state index in [1.807, 2.05) is 60.9 Å². The van der Waals surface area contributed by atoms with E-state index in [1.165, 1.54) is 0 Å². The van der Waals surface area contributed by atoms with Gasteiger partial charge in [-0.25, -0.2) is 0 Å². The molecule has 0 spiro atoms. The number of thiocarbonyl (C=S) groups is 1. The molecule has 0 saturated heterocycles. The zero-order valence-corrected chi connectivity index (χ0v) is 12.3. The van der Waals surface area contributed by atoms with E-state index in [0.29, 0.717) is 11.7 Å². The van der Waals surface area contributed by atoms with Crippen LogP contribution in [0, 0.1) is 0 Å². The molecule has 0 radical (unpaired) electrons. The minimum Gasteiger partial charge on any atom is -0.357 e. The van der Waals surface area contributed by atoms with E-state index < -0.39 is 0 Å². The Morgan fingerprint density at radius 3 is 2.38 bits per heavy atom. The summed E-state index contributed by atoms with van der Waals surface area (Å²) in [7, 11) is 0. The van der Waals surface area contributed by atoms with Crippen LogP contribution < -0.4 is 20.7 Å². The molecule has 2 rings (SSSR count). The van der Waals surface area contributed by atoms with Crippen molar-refractivity contribution in [1.29, 1.82) is 0 Å². The molecular weight excluding hydrogens is 284 g/mol. The monoisotopic (exact) mass is 301 g/mol. The first-order valence-corrected chi connectivity index (χ1v) is 6.95. The Bertz CT molecular complexity index is 589. The van der Waals surface area contributed by atoms with E-state index in [0.717, 1.165) is 5.56 Å². The summed E-state index contributed by atoms with van der Waals surface area (Å²) in [4.78, 5) is 11.7. The van der Waals surface area contributed by atoms with Crippen LogP contribution in [-0.2, 0) is 17.9 Å². The highest BCUT2D eigenvalue weighted by atomic mass is 32.1. The van der Waals surface area contributed by atoms with E-state index in [9.17, 15) is 4.79 Å². The van der Waals surface area contributed by atoms with Gasteiger partial charge in [0, 0.05) is 18.7 Å². The molecule has 108 valence electrons. The average molecular weight is 301 g/mol. The van der Waals surface area contributed by atoms with Gasteiger partial charge in [0.1, 0.15) is 0 Å². The third kappa shape index (κ3) is 5.58. The number of nitrogens with one attached hydrogen (secondary N) is 3. The van der Waals surface area contributed by atoms with Crippen molar-refractivity contribution in [3.8, 4) is 0 Å². The minimum absolute atomic E-state index is 0.171. The van der Waals surface area contributed by atoms with Crippen molar-refractivity contribution in [2.24, 2.45) is 0 Å². The quantitative estimate of drug-likeness (QED) is 0.441. The van der Waals surface area contributed by atoms with Crippen LogP contribution in [0.1, 0.15) is 5.56 Å². The molecular formula is C15H17N4OS+. The lowest BCUT2D eigenvalue weighted by Crippen LogP contribution is -2.51. The maximum atomic E-state index is 11.7. The fourth-order valence-electron chi connectivity index (χ4n) is 1.69. The highest BCUT2D eigenvalue weighted by Gasteiger charge is 2.08. The number of hydrogen-bond acceptors (Lipinski definition) is 2. The summed E-state index contributed by atoms with van der Waals surface area (Å²) in [6.45, 7) is 0.838. The van der Waals surface area contributed by atoms with Crippen molar-refractivity contribution in [1.82, 2.24) is 16.2 Å².